The van der Waals surface area contributed by atoms with Crippen LogP contribution in [0.4, 0.5) is 5.13 Å². The Balaban J connectivity index is 1.68. The van der Waals surface area contributed by atoms with Crippen molar-refractivity contribution in [2.75, 3.05) is 5.43 Å². The molecule has 0 atom stereocenters. The molecule has 0 spiro atoms. The number of hydrogen-bond acceptors (Lipinski definition) is 6. The molecule has 0 aliphatic heterocycles. The molecule has 0 aliphatic carbocycles. The molecule has 0 fully saturated rings. The summed E-state index contributed by atoms with van der Waals surface area (Å²) in [6.07, 6.45) is 6.92. The number of nitrogens with one attached hydrogen (secondary N) is 1. The summed E-state index contributed by atoms with van der Waals surface area (Å²) in [7, 11) is 0. The first kappa shape index (κ1) is 12.4. The highest BCUT2D eigenvalue weighted by Crippen LogP contribution is 2.22. The van der Waals surface area contributed by atoms with Crippen LogP contribution in [-0.4, -0.2) is 21.2 Å². The molecule has 6 heteroatoms. The largest absolute Gasteiger partial charge is 0.264 e. The molecule has 3 aromatic heterocycles. The third kappa shape index (κ3) is 3.04. The molecule has 0 amide bonds. The highest BCUT2D eigenvalue weighted by atomic mass is 32.1. The number of thiazole rings is 1. The third-order valence-electron chi connectivity index (χ3n) is 2.49. The zero-order valence-corrected chi connectivity index (χ0v) is 11.3. The molecule has 0 radical (unpaired) electrons. The molecular formula is C14H11N5S. The Morgan fingerprint density at radius 3 is 2.90 bits per heavy atom. The maximum Gasteiger partial charge on any atom is 0.203 e. The predicted molar refractivity (Wildman–Crippen MR) is 80.8 cm³/mol. The van der Waals surface area contributed by atoms with E-state index in [1.807, 2.05) is 35.7 Å². The van der Waals surface area contributed by atoms with Crippen LogP contribution >= 0.6 is 11.3 Å². The summed E-state index contributed by atoms with van der Waals surface area (Å²) >= 11 is 1.49. The van der Waals surface area contributed by atoms with Crippen LogP contribution in [-0.2, 0) is 0 Å². The fourth-order valence-corrected chi connectivity index (χ4v) is 2.22. The van der Waals surface area contributed by atoms with Crippen molar-refractivity contribution in [1.82, 2.24) is 15.0 Å². The van der Waals surface area contributed by atoms with E-state index in [9.17, 15) is 0 Å². The Bertz CT molecular complexity index is 694. The average molecular weight is 281 g/mol. The molecule has 98 valence electrons. The second-order valence-corrected chi connectivity index (χ2v) is 4.77. The van der Waals surface area contributed by atoms with Gasteiger partial charge in [-0.15, -0.1) is 11.3 Å². The zero-order valence-electron chi connectivity index (χ0n) is 10.5. The van der Waals surface area contributed by atoms with Gasteiger partial charge in [0.25, 0.3) is 0 Å². The van der Waals surface area contributed by atoms with E-state index in [1.54, 1.807) is 24.8 Å². The standard InChI is InChI=1S/C14H11N5S/c1-2-7-16-12(5-1)13-10-20-14(18-13)19-17-9-11-4-3-6-15-8-11/h1-10H,(H,18,19). The first-order valence-electron chi connectivity index (χ1n) is 5.98. The van der Waals surface area contributed by atoms with E-state index < -0.39 is 0 Å². The number of aromatic nitrogens is 3. The Kier molecular flexibility index (Phi) is 3.75. The summed E-state index contributed by atoms with van der Waals surface area (Å²) in [6, 6.07) is 9.55. The van der Waals surface area contributed by atoms with Crippen molar-refractivity contribution < 1.29 is 0 Å². The smallest absolute Gasteiger partial charge is 0.203 e. The van der Waals surface area contributed by atoms with Crippen LogP contribution in [0.15, 0.2) is 59.4 Å². The van der Waals surface area contributed by atoms with Gasteiger partial charge in [0.05, 0.1) is 11.9 Å². The van der Waals surface area contributed by atoms with Gasteiger partial charge in [-0.3, -0.25) is 15.4 Å². The number of hydrazone groups is 1. The Hall–Kier alpha value is -2.60. The number of hydrogen-bond donors (Lipinski definition) is 1. The van der Waals surface area contributed by atoms with Crippen LogP contribution in [0.25, 0.3) is 11.4 Å². The van der Waals surface area contributed by atoms with Crippen molar-refractivity contribution in [2.45, 2.75) is 0 Å². The van der Waals surface area contributed by atoms with Gasteiger partial charge in [-0.05, 0) is 18.2 Å². The van der Waals surface area contributed by atoms with Gasteiger partial charge in [-0.1, -0.05) is 12.1 Å². The lowest BCUT2D eigenvalue weighted by Gasteiger charge is -1.94. The Labute approximate surface area is 120 Å². The van der Waals surface area contributed by atoms with Crippen LogP contribution in [0.2, 0.25) is 0 Å². The summed E-state index contributed by atoms with van der Waals surface area (Å²) in [6.45, 7) is 0. The van der Waals surface area contributed by atoms with Gasteiger partial charge in [0, 0.05) is 29.5 Å². The molecule has 20 heavy (non-hydrogen) atoms. The van der Waals surface area contributed by atoms with Crippen molar-refractivity contribution in [3.8, 4) is 11.4 Å². The highest BCUT2D eigenvalue weighted by Gasteiger charge is 2.03. The summed E-state index contributed by atoms with van der Waals surface area (Å²) in [5, 5.41) is 6.81. The maximum absolute atomic E-state index is 4.43. The first-order chi connectivity index (χ1) is 9.92. The van der Waals surface area contributed by atoms with E-state index >= 15 is 0 Å². The van der Waals surface area contributed by atoms with Crippen LogP contribution in [0.1, 0.15) is 5.56 Å². The number of pyridine rings is 2. The van der Waals surface area contributed by atoms with E-state index in [1.165, 1.54) is 11.3 Å². The minimum atomic E-state index is 0.728. The fraction of sp³-hybridized carbons (Fsp3) is 0. The fourth-order valence-electron chi connectivity index (χ4n) is 1.57. The van der Waals surface area contributed by atoms with E-state index in [0.717, 1.165) is 22.1 Å². The molecule has 0 saturated carbocycles. The quantitative estimate of drug-likeness (QED) is 0.589. The second kappa shape index (κ2) is 6.03. The number of rotatable bonds is 4. The molecule has 3 rings (SSSR count). The van der Waals surface area contributed by atoms with E-state index in [4.69, 9.17) is 0 Å². The second-order valence-electron chi connectivity index (χ2n) is 3.91. The molecule has 3 aromatic rings. The Morgan fingerprint density at radius 1 is 1.10 bits per heavy atom. The lowest BCUT2D eigenvalue weighted by molar-refractivity contribution is 1.25. The molecule has 5 nitrogen and oxygen atoms in total. The molecule has 0 aromatic carbocycles. The lowest BCUT2D eigenvalue weighted by Crippen LogP contribution is -1.90. The van der Waals surface area contributed by atoms with Crippen molar-refractivity contribution in [1.29, 1.82) is 0 Å². The zero-order chi connectivity index (χ0) is 13.6. The Morgan fingerprint density at radius 2 is 2.10 bits per heavy atom. The van der Waals surface area contributed by atoms with Crippen LogP contribution in [0.3, 0.4) is 0 Å². The van der Waals surface area contributed by atoms with Crippen molar-refractivity contribution in [3.63, 3.8) is 0 Å². The van der Waals surface area contributed by atoms with E-state index in [-0.39, 0.29) is 0 Å². The number of nitrogens with zero attached hydrogens (tertiary/aromatic N) is 4. The lowest BCUT2D eigenvalue weighted by atomic mass is 10.3. The van der Waals surface area contributed by atoms with Gasteiger partial charge >= 0.3 is 0 Å². The SMILES string of the molecule is C(=NNc1nc(-c2ccccn2)cs1)c1cccnc1. The van der Waals surface area contributed by atoms with Gasteiger partial charge < -0.3 is 0 Å². The van der Waals surface area contributed by atoms with Crippen molar-refractivity contribution in [2.24, 2.45) is 5.10 Å². The monoisotopic (exact) mass is 281 g/mol. The summed E-state index contributed by atoms with van der Waals surface area (Å²) in [4.78, 5) is 12.7. The van der Waals surface area contributed by atoms with Crippen molar-refractivity contribution >= 4 is 22.7 Å². The topological polar surface area (TPSA) is 63.1 Å². The molecule has 1 N–H and O–H groups in total. The van der Waals surface area contributed by atoms with Gasteiger partial charge in [-0.25, -0.2) is 4.98 Å². The van der Waals surface area contributed by atoms with Crippen LogP contribution in [0.5, 0.6) is 0 Å². The average Bonchev–Trinajstić information content (AvgIpc) is 2.98. The minimum absolute atomic E-state index is 0.728. The van der Waals surface area contributed by atoms with Crippen LogP contribution < -0.4 is 5.43 Å². The summed E-state index contributed by atoms with van der Waals surface area (Å²) in [5.74, 6) is 0. The molecular weight excluding hydrogens is 270 g/mol. The molecule has 3 heterocycles. The number of anilines is 1. The normalized spacial score (nSPS) is 10.8. The van der Waals surface area contributed by atoms with E-state index in [0.29, 0.717) is 0 Å². The maximum atomic E-state index is 4.43. The van der Waals surface area contributed by atoms with Gasteiger partial charge in [0.1, 0.15) is 5.69 Å². The predicted octanol–water partition coefficient (Wildman–Crippen LogP) is 3.05. The molecule has 0 bridgehead atoms. The molecule has 0 unspecified atom stereocenters. The molecule has 0 aliphatic rings. The highest BCUT2D eigenvalue weighted by molar-refractivity contribution is 7.14. The first-order valence-corrected chi connectivity index (χ1v) is 6.86. The van der Waals surface area contributed by atoms with Gasteiger partial charge in [0.2, 0.25) is 5.13 Å². The van der Waals surface area contributed by atoms with Gasteiger partial charge in [-0.2, -0.15) is 5.10 Å². The summed E-state index contributed by atoms with van der Waals surface area (Å²) in [5.41, 5.74) is 5.53. The molecule has 0 saturated heterocycles. The third-order valence-corrected chi connectivity index (χ3v) is 3.24. The van der Waals surface area contributed by atoms with Crippen LogP contribution in [0, 0.1) is 0 Å². The van der Waals surface area contributed by atoms with Crippen molar-refractivity contribution in [3.05, 3.63) is 59.9 Å². The summed E-state index contributed by atoms with van der Waals surface area (Å²) < 4.78 is 0. The minimum Gasteiger partial charge on any atom is -0.264 e. The van der Waals surface area contributed by atoms with Gasteiger partial charge in [0.15, 0.2) is 0 Å². The van der Waals surface area contributed by atoms with E-state index in [2.05, 4.69) is 25.5 Å².